The molecular formula is C13H13AsCl2N2O5. The van der Waals surface area contributed by atoms with Crippen molar-refractivity contribution in [1.82, 2.24) is 4.98 Å². The molecular weight excluding hydrogens is 410 g/mol. The van der Waals surface area contributed by atoms with Gasteiger partial charge in [0.1, 0.15) is 5.15 Å². The maximum absolute atomic E-state index is 11.2. The fourth-order valence-corrected chi connectivity index (χ4v) is 2.87. The van der Waals surface area contributed by atoms with E-state index in [0.29, 0.717) is 15.9 Å². The van der Waals surface area contributed by atoms with Crippen molar-refractivity contribution in [3.63, 3.8) is 0 Å². The molecule has 1 unspecified atom stereocenters. The van der Waals surface area contributed by atoms with Crippen molar-refractivity contribution in [2.24, 2.45) is 0 Å². The minimum absolute atomic E-state index is 0.00438. The molecule has 7 nitrogen and oxygen atoms in total. The van der Waals surface area contributed by atoms with Crippen molar-refractivity contribution in [1.29, 1.82) is 0 Å². The molecule has 0 aliphatic rings. The van der Waals surface area contributed by atoms with Gasteiger partial charge in [0.15, 0.2) is 0 Å². The van der Waals surface area contributed by atoms with Crippen LogP contribution in [0.25, 0.3) is 0 Å². The molecule has 124 valence electrons. The summed E-state index contributed by atoms with van der Waals surface area (Å²) in [7, 11) is 0. The molecule has 3 N–H and O–H groups in total. The van der Waals surface area contributed by atoms with E-state index in [-0.39, 0.29) is 10.3 Å². The number of pyridine rings is 1. The summed E-state index contributed by atoms with van der Waals surface area (Å²) in [6.07, 6.45) is 1.50. The van der Waals surface area contributed by atoms with E-state index >= 15 is 0 Å². The largest absolute Gasteiger partial charge is 0.243 e. The molecule has 1 aromatic carbocycles. The number of nitrogens with zero attached hydrogens (tertiary/aromatic N) is 1. The minimum Gasteiger partial charge on any atom is -0.243 e. The Bertz CT molecular complexity index is 674. The van der Waals surface area contributed by atoms with Gasteiger partial charge in [0, 0.05) is 6.20 Å². The topological polar surface area (TPSA) is 109 Å². The molecule has 0 aliphatic heterocycles. The molecule has 0 radical (unpaired) electrons. The second-order valence-corrected chi connectivity index (χ2v) is 8.56. The third-order valence-electron chi connectivity index (χ3n) is 2.32. The summed E-state index contributed by atoms with van der Waals surface area (Å²) in [6, 6.07) is 8.84. The van der Waals surface area contributed by atoms with Gasteiger partial charge in [-0.25, -0.2) is 4.98 Å². The van der Waals surface area contributed by atoms with Crippen LogP contribution in [0.2, 0.25) is 10.2 Å². The van der Waals surface area contributed by atoms with Gasteiger partial charge in [0.05, 0.1) is 5.02 Å². The van der Waals surface area contributed by atoms with Gasteiger partial charge in [-0.1, -0.05) is 23.2 Å². The quantitative estimate of drug-likeness (QED) is 0.302. The summed E-state index contributed by atoms with van der Waals surface area (Å²) in [5, 5.41) is 11.8. The van der Waals surface area contributed by atoms with E-state index < -0.39 is 14.2 Å². The van der Waals surface area contributed by atoms with Gasteiger partial charge in [-0.3, -0.25) is 0 Å². The first-order valence-electron chi connectivity index (χ1n) is 6.06. The van der Waals surface area contributed by atoms with Crippen LogP contribution < -0.4 is 9.67 Å². The van der Waals surface area contributed by atoms with E-state index in [1.54, 1.807) is 12.1 Å². The third kappa shape index (κ3) is 7.18. The number of aromatic nitrogens is 1. The van der Waals surface area contributed by atoms with Crippen LogP contribution in [-0.2, 0) is 12.4 Å². The summed E-state index contributed by atoms with van der Waals surface area (Å²) in [6.45, 7) is 1.35. The van der Waals surface area contributed by atoms with Crippen molar-refractivity contribution >= 4 is 53.3 Å². The average Bonchev–Trinajstić information content (AvgIpc) is 2.51. The molecule has 1 heterocycles. The van der Waals surface area contributed by atoms with E-state index in [1.165, 1.54) is 37.4 Å². The number of halogens is 2. The smallest absolute Gasteiger partial charge is 0.129 e. The second kappa shape index (κ2) is 9.08. The predicted octanol–water partition coefficient (Wildman–Crippen LogP) is 2.09. The summed E-state index contributed by atoms with van der Waals surface area (Å²) < 4.78 is 23.8. The van der Waals surface area contributed by atoms with Crippen LogP contribution >= 0.6 is 23.2 Å². The number of rotatable bonds is 3. The summed E-state index contributed by atoms with van der Waals surface area (Å²) in [5.41, 5.74) is 0.500. The second-order valence-electron chi connectivity index (χ2n) is 4.13. The van der Waals surface area contributed by atoms with Gasteiger partial charge < -0.3 is 0 Å². The normalized spacial score (nSPS) is 12.6. The Labute approximate surface area is 145 Å². The molecule has 10 heteroatoms. The zero-order chi connectivity index (χ0) is 17.5. The maximum Gasteiger partial charge on any atom is 0.129 e. The predicted molar refractivity (Wildman–Crippen MR) is 87.0 cm³/mol. The summed E-state index contributed by atoms with van der Waals surface area (Å²) >= 11 is 6.17. The zero-order valence-corrected chi connectivity index (χ0v) is 15.2. The molecule has 1 aromatic heterocycles. The van der Waals surface area contributed by atoms with E-state index in [1.807, 2.05) is 0 Å². The van der Waals surface area contributed by atoms with Crippen LogP contribution in [0.5, 0.6) is 0 Å². The van der Waals surface area contributed by atoms with E-state index in [2.05, 4.69) is 14.2 Å². The zero-order valence-electron chi connectivity index (χ0n) is 11.8. The standard InChI is InChI=1S/C8H10AsNO5.C5H3Cl2N/c1-6(11)10-8-4-2-7(3-5-8)9(12,13)15-14;6-4-1-2-5(7)8-3-4/h2-5,14H,1H3,(H,10,11)(H,12,13);1-3H. The summed E-state index contributed by atoms with van der Waals surface area (Å²) in [5.74, 6) is -0.237. The van der Waals surface area contributed by atoms with E-state index in [9.17, 15) is 8.53 Å². The van der Waals surface area contributed by atoms with Gasteiger partial charge in [-0.05, 0) is 12.1 Å². The Balaban J connectivity index is 0.000000277. The molecule has 0 saturated heterocycles. The van der Waals surface area contributed by atoms with Crippen LogP contribution in [0.1, 0.15) is 6.92 Å². The Kier molecular flexibility index (Phi) is 7.78. The van der Waals surface area contributed by atoms with Crippen molar-refractivity contribution in [3.05, 3.63) is 52.8 Å². The van der Waals surface area contributed by atoms with Crippen LogP contribution in [0.4, 0.5) is 5.69 Å². The maximum atomic E-state index is 11.2. The number of amides is 1. The Morgan fingerprint density at radius 1 is 1.22 bits per heavy atom. The number of anilines is 1. The molecule has 1 atom stereocenters. The number of carbonyl (C=O) groups is 1. The number of carbonyl (C=O) groups excluding carboxylic acids is 1. The van der Waals surface area contributed by atoms with Gasteiger partial charge in [-0.2, -0.15) is 0 Å². The molecule has 0 aliphatic carbocycles. The first kappa shape index (κ1) is 19.7. The van der Waals surface area contributed by atoms with Crippen molar-refractivity contribution < 1.29 is 21.8 Å². The third-order valence-corrected chi connectivity index (χ3v) is 5.22. The fraction of sp³-hybridized carbons (Fsp3) is 0.0769. The van der Waals surface area contributed by atoms with Crippen LogP contribution in [0.15, 0.2) is 42.6 Å². The minimum atomic E-state index is -4.76. The molecule has 0 saturated carbocycles. The molecule has 2 rings (SSSR count). The first-order valence-corrected chi connectivity index (χ1v) is 10.1. The van der Waals surface area contributed by atoms with Gasteiger partial charge in [0.25, 0.3) is 0 Å². The Morgan fingerprint density at radius 2 is 1.83 bits per heavy atom. The molecule has 0 bridgehead atoms. The Morgan fingerprint density at radius 3 is 2.22 bits per heavy atom. The van der Waals surface area contributed by atoms with Crippen molar-refractivity contribution in [2.45, 2.75) is 6.92 Å². The van der Waals surface area contributed by atoms with Crippen LogP contribution in [0, 0.1) is 0 Å². The number of nitrogens with one attached hydrogen (secondary N) is 1. The number of hydrogen-bond acceptors (Lipinski definition) is 5. The van der Waals surface area contributed by atoms with Gasteiger partial charge >= 0.3 is 88.4 Å². The Hall–Kier alpha value is -1.34. The average molecular weight is 423 g/mol. The summed E-state index contributed by atoms with van der Waals surface area (Å²) in [4.78, 5) is 14.4. The van der Waals surface area contributed by atoms with Crippen molar-refractivity contribution in [3.8, 4) is 0 Å². The van der Waals surface area contributed by atoms with Gasteiger partial charge in [-0.15, -0.1) is 0 Å². The molecule has 0 fully saturated rings. The fourth-order valence-electron chi connectivity index (χ4n) is 1.34. The molecule has 1 amide bonds. The molecule has 2 aromatic rings. The molecule has 23 heavy (non-hydrogen) atoms. The van der Waals surface area contributed by atoms with E-state index in [4.69, 9.17) is 32.6 Å². The van der Waals surface area contributed by atoms with Crippen molar-refractivity contribution in [2.75, 3.05) is 5.32 Å². The van der Waals surface area contributed by atoms with Gasteiger partial charge in [0.2, 0.25) is 0 Å². The monoisotopic (exact) mass is 422 g/mol. The first-order chi connectivity index (χ1) is 10.7. The number of hydrogen-bond donors (Lipinski definition) is 3. The SMILES string of the molecule is CC(=O)Nc1ccc([As](=O)(O)OO)cc1.Clc1ccc(Cl)nc1. The van der Waals surface area contributed by atoms with E-state index in [0.717, 1.165) is 0 Å². The van der Waals surface area contributed by atoms with Crippen LogP contribution in [-0.4, -0.2) is 34.4 Å². The van der Waals surface area contributed by atoms with Crippen LogP contribution in [0.3, 0.4) is 0 Å². The number of benzene rings is 1. The molecule has 0 spiro atoms.